The van der Waals surface area contributed by atoms with Crippen molar-refractivity contribution in [2.45, 2.75) is 18.4 Å². The Hall–Kier alpha value is -0.600. The maximum Gasteiger partial charge on any atom is 0.242 e. The fourth-order valence-corrected chi connectivity index (χ4v) is 4.70. The molecular weight excluding hydrogens is 384 g/mol. The molecule has 0 aliphatic carbocycles. The van der Waals surface area contributed by atoms with Crippen molar-refractivity contribution in [3.05, 3.63) is 43.5 Å². The Kier molecular flexibility index (Phi) is 4.76. The number of sulfonamides is 1. The molecule has 2 rings (SSSR count). The van der Waals surface area contributed by atoms with E-state index in [1.54, 1.807) is 13.0 Å². The van der Waals surface area contributed by atoms with Gasteiger partial charge in [-0.25, -0.2) is 13.1 Å². The van der Waals surface area contributed by atoms with Gasteiger partial charge in [0.05, 0.1) is 8.81 Å². The molecule has 0 saturated heterocycles. The molecule has 0 fully saturated rings. The van der Waals surface area contributed by atoms with E-state index in [0.717, 1.165) is 14.2 Å². The molecule has 0 unspecified atom stereocenters. The van der Waals surface area contributed by atoms with Crippen molar-refractivity contribution in [1.82, 2.24) is 4.72 Å². The zero-order chi connectivity index (χ0) is 14.9. The average Bonchev–Trinajstić information content (AvgIpc) is 2.77. The Bertz CT molecular complexity index is 744. The molecule has 108 valence electrons. The van der Waals surface area contributed by atoms with Crippen LogP contribution in [0.4, 0.5) is 5.69 Å². The van der Waals surface area contributed by atoms with E-state index in [4.69, 9.17) is 17.3 Å². The minimum absolute atomic E-state index is 0.00196. The van der Waals surface area contributed by atoms with Crippen molar-refractivity contribution in [2.75, 3.05) is 5.73 Å². The average molecular weight is 396 g/mol. The van der Waals surface area contributed by atoms with Gasteiger partial charge < -0.3 is 5.73 Å². The van der Waals surface area contributed by atoms with E-state index in [2.05, 4.69) is 20.7 Å². The molecule has 1 aromatic heterocycles. The first-order valence-corrected chi connectivity index (χ1v) is 9.06. The number of nitrogens with one attached hydrogen (secondary N) is 1. The first-order chi connectivity index (χ1) is 9.29. The van der Waals surface area contributed by atoms with Crippen LogP contribution in [0.3, 0.4) is 0 Å². The fraction of sp³-hybridized carbons (Fsp3) is 0.167. The van der Waals surface area contributed by atoms with Crippen LogP contribution in [0.1, 0.15) is 10.4 Å². The highest BCUT2D eigenvalue weighted by molar-refractivity contribution is 9.11. The number of aryl methyl sites for hydroxylation is 1. The van der Waals surface area contributed by atoms with Gasteiger partial charge in [0.15, 0.2) is 0 Å². The van der Waals surface area contributed by atoms with Crippen LogP contribution < -0.4 is 10.5 Å². The van der Waals surface area contributed by atoms with Gasteiger partial charge in [-0.2, -0.15) is 0 Å². The third kappa shape index (κ3) is 3.53. The van der Waals surface area contributed by atoms with Crippen LogP contribution in [0.15, 0.2) is 32.9 Å². The summed E-state index contributed by atoms with van der Waals surface area (Å²) in [6.45, 7) is 1.98. The molecule has 0 amide bonds. The number of anilines is 1. The molecule has 0 radical (unpaired) electrons. The van der Waals surface area contributed by atoms with Gasteiger partial charge >= 0.3 is 0 Å². The first kappa shape index (κ1) is 15.8. The van der Waals surface area contributed by atoms with Gasteiger partial charge in [-0.1, -0.05) is 11.6 Å². The van der Waals surface area contributed by atoms with Crippen LogP contribution in [-0.4, -0.2) is 8.42 Å². The standard InChI is InChI=1S/C12H12BrClN2O2S2/c1-7-4-9(14)11(5-10(7)15)20(17,18)16-6-8-2-3-12(13)19-8/h2-5,16H,6,15H2,1H3. The predicted molar refractivity (Wildman–Crippen MR) is 86.6 cm³/mol. The van der Waals surface area contributed by atoms with Gasteiger partial charge in [-0.05, 0) is 52.7 Å². The van der Waals surface area contributed by atoms with Gasteiger partial charge in [0.2, 0.25) is 10.0 Å². The Morgan fingerprint density at radius 2 is 2.10 bits per heavy atom. The van der Waals surface area contributed by atoms with E-state index in [0.29, 0.717) is 5.69 Å². The normalized spacial score (nSPS) is 11.8. The smallest absolute Gasteiger partial charge is 0.242 e. The van der Waals surface area contributed by atoms with Crippen LogP contribution in [0.25, 0.3) is 0 Å². The maximum absolute atomic E-state index is 12.2. The van der Waals surface area contributed by atoms with E-state index in [1.165, 1.54) is 17.4 Å². The molecule has 3 N–H and O–H groups in total. The molecule has 0 spiro atoms. The number of halogens is 2. The molecule has 0 atom stereocenters. The number of nitrogens with two attached hydrogens (primary N) is 1. The Morgan fingerprint density at radius 1 is 1.40 bits per heavy atom. The molecule has 8 heteroatoms. The summed E-state index contributed by atoms with van der Waals surface area (Å²) in [6.07, 6.45) is 0. The molecule has 0 aliphatic heterocycles. The Balaban J connectivity index is 2.24. The van der Waals surface area contributed by atoms with Gasteiger partial charge in [0.25, 0.3) is 0 Å². The van der Waals surface area contributed by atoms with Gasteiger partial charge in [0.1, 0.15) is 4.90 Å². The lowest BCUT2D eigenvalue weighted by Crippen LogP contribution is -2.23. The molecule has 0 aliphatic rings. The van der Waals surface area contributed by atoms with Gasteiger partial charge in [0, 0.05) is 17.1 Å². The summed E-state index contributed by atoms with van der Waals surface area (Å²) < 4.78 is 27.9. The highest BCUT2D eigenvalue weighted by Crippen LogP contribution is 2.27. The SMILES string of the molecule is Cc1cc(Cl)c(S(=O)(=O)NCc2ccc(Br)s2)cc1N. The van der Waals surface area contributed by atoms with Crippen LogP contribution in [0.5, 0.6) is 0 Å². The van der Waals surface area contributed by atoms with E-state index < -0.39 is 10.0 Å². The zero-order valence-electron chi connectivity index (χ0n) is 10.5. The van der Waals surface area contributed by atoms with Crippen LogP contribution >= 0.6 is 38.9 Å². The summed E-state index contributed by atoms with van der Waals surface area (Å²) in [5.41, 5.74) is 6.89. The molecule has 2 aromatic rings. The van der Waals surface area contributed by atoms with Gasteiger partial charge in [-0.15, -0.1) is 11.3 Å². The van der Waals surface area contributed by atoms with E-state index >= 15 is 0 Å². The summed E-state index contributed by atoms with van der Waals surface area (Å²) in [7, 11) is -3.69. The van der Waals surface area contributed by atoms with Crippen LogP contribution in [0, 0.1) is 6.92 Å². The summed E-state index contributed by atoms with van der Waals surface area (Å²) in [4.78, 5) is 0.898. The summed E-state index contributed by atoms with van der Waals surface area (Å²) in [5.74, 6) is 0. The monoisotopic (exact) mass is 394 g/mol. The molecule has 4 nitrogen and oxygen atoms in total. The number of hydrogen-bond donors (Lipinski definition) is 2. The second kappa shape index (κ2) is 6.03. The van der Waals surface area contributed by atoms with Crippen molar-refractivity contribution in [3.63, 3.8) is 0 Å². The zero-order valence-corrected chi connectivity index (χ0v) is 14.5. The van der Waals surface area contributed by atoms with Crippen LogP contribution in [-0.2, 0) is 16.6 Å². The topological polar surface area (TPSA) is 72.2 Å². The van der Waals surface area contributed by atoms with Crippen LogP contribution in [0.2, 0.25) is 5.02 Å². The third-order valence-electron chi connectivity index (χ3n) is 2.68. The molecule has 0 bridgehead atoms. The third-order valence-corrected chi connectivity index (χ3v) is 6.16. The van der Waals surface area contributed by atoms with E-state index in [1.807, 2.05) is 12.1 Å². The summed E-state index contributed by atoms with van der Waals surface area (Å²) in [6, 6.07) is 6.64. The largest absolute Gasteiger partial charge is 0.398 e. The van der Waals surface area contributed by atoms with Crippen molar-refractivity contribution >= 4 is 54.6 Å². The van der Waals surface area contributed by atoms with Crippen molar-refractivity contribution in [2.24, 2.45) is 0 Å². The number of nitrogen functional groups attached to an aromatic ring is 1. The molecule has 20 heavy (non-hydrogen) atoms. The molecule has 1 aromatic carbocycles. The first-order valence-electron chi connectivity index (χ1n) is 5.59. The van der Waals surface area contributed by atoms with Crippen molar-refractivity contribution in [1.29, 1.82) is 0 Å². The van der Waals surface area contributed by atoms with Crippen molar-refractivity contribution < 1.29 is 8.42 Å². The summed E-state index contributed by atoms with van der Waals surface area (Å²) in [5, 5.41) is 0.163. The van der Waals surface area contributed by atoms with E-state index in [-0.39, 0.29) is 16.5 Å². The number of rotatable bonds is 4. The predicted octanol–water partition coefficient (Wildman–Crippen LogP) is 3.53. The lowest BCUT2D eigenvalue weighted by molar-refractivity contribution is 0.582. The van der Waals surface area contributed by atoms with Crippen molar-refractivity contribution in [3.8, 4) is 0 Å². The minimum atomic E-state index is -3.69. The molecule has 0 saturated carbocycles. The number of benzene rings is 1. The quantitative estimate of drug-likeness (QED) is 0.778. The number of hydrogen-bond acceptors (Lipinski definition) is 4. The lowest BCUT2D eigenvalue weighted by atomic mass is 10.2. The maximum atomic E-state index is 12.2. The minimum Gasteiger partial charge on any atom is -0.398 e. The highest BCUT2D eigenvalue weighted by Gasteiger charge is 2.19. The number of thiophene rings is 1. The Labute approximate surface area is 135 Å². The fourth-order valence-electron chi connectivity index (χ4n) is 1.57. The Morgan fingerprint density at radius 3 is 2.70 bits per heavy atom. The lowest BCUT2D eigenvalue weighted by Gasteiger charge is -2.10. The molecular formula is C12H12BrClN2O2S2. The second-order valence-corrected chi connectivity index (χ2v) is 8.86. The van der Waals surface area contributed by atoms with Gasteiger partial charge in [-0.3, -0.25) is 0 Å². The van der Waals surface area contributed by atoms with E-state index in [9.17, 15) is 8.42 Å². The second-order valence-electron chi connectivity index (χ2n) is 4.17. The highest BCUT2D eigenvalue weighted by atomic mass is 79.9. The summed E-state index contributed by atoms with van der Waals surface area (Å²) >= 11 is 10.8. The molecule has 1 heterocycles.